The quantitative estimate of drug-likeness (QED) is 0.802. The first kappa shape index (κ1) is 10.7. The van der Waals surface area contributed by atoms with Crippen LogP contribution in [0.15, 0.2) is 6.20 Å². The summed E-state index contributed by atoms with van der Waals surface area (Å²) in [5.74, 6) is 0.559. The van der Waals surface area contributed by atoms with Crippen molar-refractivity contribution in [2.45, 2.75) is 58.7 Å². The van der Waals surface area contributed by atoms with E-state index in [4.69, 9.17) is 0 Å². The zero-order valence-electron chi connectivity index (χ0n) is 9.95. The molecule has 0 aliphatic heterocycles. The Kier molecular flexibility index (Phi) is 3.10. The van der Waals surface area contributed by atoms with Crippen molar-refractivity contribution < 1.29 is 0 Å². The number of aromatic nitrogens is 2. The highest BCUT2D eigenvalue weighted by molar-refractivity contribution is 5.21. The lowest BCUT2D eigenvalue weighted by molar-refractivity contribution is 0.589. The van der Waals surface area contributed by atoms with Gasteiger partial charge in [0.15, 0.2) is 0 Å². The van der Waals surface area contributed by atoms with Gasteiger partial charge in [0.25, 0.3) is 0 Å². The number of hydrogen-bond acceptors (Lipinski definition) is 2. The highest BCUT2D eigenvalue weighted by Crippen LogP contribution is 2.22. The fourth-order valence-electron chi connectivity index (χ4n) is 2.03. The highest BCUT2D eigenvalue weighted by atomic mass is 15.3. The Morgan fingerprint density at radius 3 is 2.80 bits per heavy atom. The van der Waals surface area contributed by atoms with Crippen LogP contribution in [0, 0.1) is 0 Å². The number of nitrogens with one attached hydrogen (secondary N) is 1. The summed E-state index contributed by atoms with van der Waals surface area (Å²) in [6.07, 6.45) is 4.71. The predicted molar refractivity (Wildman–Crippen MR) is 61.9 cm³/mol. The Morgan fingerprint density at radius 2 is 2.27 bits per heavy atom. The van der Waals surface area contributed by atoms with Crippen molar-refractivity contribution in [3.8, 4) is 0 Å². The van der Waals surface area contributed by atoms with Crippen LogP contribution in [0.2, 0.25) is 0 Å². The third-order valence-electron chi connectivity index (χ3n) is 2.96. The standard InChI is InChI=1S/C12H21N3/c1-4-15-12(9(2)3)10(8-14-15)7-13-11-5-6-11/h8-9,11,13H,4-7H2,1-3H3. The smallest absolute Gasteiger partial charge is 0.0537 e. The van der Waals surface area contributed by atoms with Gasteiger partial charge in [0.2, 0.25) is 0 Å². The van der Waals surface area contributed by atoms with Crippen LogP contribution in [0.3, 0.4) is 0 Å². The summed E-state index contributed by atoms with van der Waals surface area (Å²) >= 11 is 0. The van der Waals surface area contributed by atoms with E-state index in [1.807, 2.05) is 6.20 Å². The first-order valence-corrected chi connectivity index (χ1v) is 6.00. The topological polar surface area (TPSA) is 29.9 Å². The van der Waals surface area contributed by atoms with Crippen LogP contribution in [0.1, 0.15) is 50.8 Å². The van der Waals surface area contributed by atoms with Gasteiger partial charge in [-0.2, -0.15) is 5.10 Å². The molecule has 0 atom stereocenters. The molecule has 1 aliphatic rings. The van der Waals surface area contributed by atoms with Crippen LogP contribution >= 0.6 is 0 Å². The molecule has 84 valence electrons. The number of nitrogens with zero attached hydrogens (tertiary/aromatic N) is 2. The average Bonchev–Trinajstić information content (AvgIpc) is 2.93. The van der Waals surface area contributed by atoms with Crippen molar-refractivity contribution >= 4 is 0 Å². The summed E-state index contributed by atoms with van der Waals surface area (Å²) in [6.45, 7) is 8.58. The van der Waals surface area contributed by atoms with E-state index in [2.05, 4.69) is 35.9 Å². The molecule has 0 aromatic carbocycles. The van der Waals surface area contributed by atoms with Gasteiger partial charge < -0.3 is 5.32 Å². The molecule has 1 aromatic rings. The fourth-order valence-corrected chi connectivity index (χ4v) is 2.03. The van der Waals surface area contributed by atoms with Crippen LogP contribution in [0.5, 0.6) is 0 Å². The maximum absolute atomic E-state index is 4.43. The molecule has 1 N–H and O–H groups in total. The van der Waals surface area contributed by atoms with E-state index in [-0.39, 0.29) is 0 Å². The van der Waals surface area contributed by atoms with E-state index in [1.165, 1.54) is 24.1 Å². The average molecular weight is 207 g/mol. The summed E-state index contributed by atoms with van der Waals surface area (Å²) in [5, 5.41) is 7.98. The normalized spacial score (nSPS) is 16.3. The molecule has 0 bridgehead atoms. The Balaban J connectivity index is 2.09. The molecule has 0 unspecified atom stereocenters. The molecule has 3 heteroatoms. The fraction of sp³-hybridized carbons (Fsp3) is 0.750. The molecule has 1 aliphatic carbocycles. The number of aryl methyl sites for hydroxylation is 1. The molecule has 15 heavy (non-hydrogen) atoms. The zero-order chi connectivity index (χ0) is 10.8. The molecule has 1 fully saturated rings. The van der Waals surface area contributed by atoms with Gasteiger partial charge in [0.1, 0.15) is 0 Å². The van der Waals surface area contributed by atoms with Crippen molar-refractivity contribution in [1.82, 2.24) is 15.1 Å². The number of rotatable bonds is 5. The lowest BCUT2D eigenvalue weighted by Crippen LogP contribution is -2.17. The van der Waals surface area contributed by atoms with Gasteiger partial charge >= 0.3 is 0 Å². The van der Waals surface area contributed by atoms with Crippen LogP contribution < -0.4 is 5.32 Å². The second-order valence-electron chi connectivity index (χ2n) is 4.68. The lowest BCUT2D eigenvalue weighted by Gasteiger charge is -2.11. The molecule has 0 spiro atoms. The first-order valence-electron chi connectivity index (χ1n) is 6.00. The van der Waals surface area contributed by atoms with E-state index in [1.54, 1.807) is 0 Å². The maximum atomic E-state index is 4.43. The van der Waals surface area contributed by atoms with Gasteiger partial charge in [-0.05, 0) is 25.7 Å². The molecule has 1 saturated carbocycles. The molecular formula is C12H21N3. The van der Waals surface area contributed by atoms with Crippen LogP contribution in [0.4, 0.5) is 0 Å². The van der Waals surface area contributed by atoms with Crippen molar-refractivity contribution in [2.24, 2.45) is 0 Å². The van der Waals surface area contributed by atoms with Crippen LogP contribution in [-0.2, 0) is 13.1 Å². The minimum absolute atomic E-state index is 0.559. The van der Waals surface area contributed by atoms with Crippen molar-refractivity contribution in [1.29, 1.82) is 0 Å². The zero-order valence-corrected chi connectivity index (χ0v) is 9.95. The van der Waals surface area contributed by atoms with E-state index in [9.17, 15) is 0 Å². The molecule has 1 aromatic heterocycles. The summed E-state index contributed by atoms with van der Waals surface area (Å²) in [6, 6.07) is 0.773. The highest BCUT2D eigenvalue weighted by Gasteiger charge is 2.21. The third-order valence-corrected chi connectivity index (χ3v) is 2.96. The Morgan fingerprint density at radius 1 is 1.53 bits per heavy atom. The van der Waals surface area contributed by atoms with Gasteiger partial charge in [-0.15, -0.1) is 0 Å². The van der Waals surface area contributed by atoms with Gasteiger partial charge in [-0.3, -0.25) is 4.68 Å². The van der Waals surface area contributed by atoms with Crippen molar-refractivity contribution in [2.75, 3.05) is 0 Å². The van der Waals surface area contributed by atoms with E-state index in [0.717, 1.165) is 19.1 Å². The second-order valence-corrected chi connectivity index (χ2v) is 4.68. The monoisotopic (exact) mass is 207 g/mol. The SMILES string of the molecule is CCn1ncc(CNC2CC2)c1C(C)C. The molecule has 2 rings (SSSR count). The summed E-state index contributed by atoms with van der Waals surface area (Å²) in [4.78, 5) is 0. The minimum atomic E-state index is 0.559. The van der Waals surface area contributed by atoms with E-state index >= 15 is 0 Å². The van der Waals surface area contributed by atoms with Gasteiger partial charge in [0.05, 0.1) is 6.20 Å². The van der Waals surface area contributed by atoms with Crippen molar-refractivity contribution in [3.05, 3.63) is 17.5 Å². The van der Waals surface area contributed by atoms with Crippen LogP contribution in [0.25, 0.3) is 0 Å². The maximum Gasteiger partial charge on any atom is 0.0537 e. The molecule has 3 nitrogen and oxygen atoms in total. The summed E-state index contributed by atoms with van der Waals surface area (Å²) < 4.78 is 2.12. The summed E-state index contributed by atoms with van der Waals surface area (Å²) in [7, 11) is 0. The molecule has 1 heterocycles. The Labute approximate surface area is 91.9 Å². The van der Waals surface area contributed by atoms with E-state index < -0.39 is 0 Å². The minimum Gasteiger partial charge on any atom is -0.310 e. The van der Waals surface area contributed by atoms with Gasteiger partial charge in [-0.25, -0.2) is 0 Å². The van der Waals surface area contributed by atoms with E-state index in [0.29, 0.717) is 5.92 Å². The molecule has 0 saturated heterocycles. The summed E-state index contributed by atoms with van der Waals surface area (Å²) in [5.41, 5.74) is 2.77. The molecule has 0 amide bonds. The third kappa shape index (κ3) is 2.40. The van der Waals surface area contributed by atoms with Gasteiger partial charge in [0, 0.05) is 30.4 Å². The van der Waals surface area contributed by atoms with Crippen LogP contribution in [-0.4, -0.2) is 15.8 Å². The van der Waals surface area contributed by atoms with Crippen molar-refractivity contribution in [3.63, 3.8) is 0 Å². The second kappa shape index (κ2) is 4.35. The number of hydrogen-bond donors (Lipinski definition) is 1. The predicted octanol–water partition coefficient (Wildman–Crippen LogP) is 2.28. The largest absolute Gasteiger partial charge is 0.310 e. The van der Waals surface area contributed by atoms with Gasteiger partial charge in [-0.1, -0.05) is 13.8 Å². The lowest BCUT2D eigenvalue weighted by atomic mass is 10.1. The Bertz CT molecular complexity index is 324. The first-order chi connectivity index (χ1) is 7.22. The molecular weight excluding hydrogens is 186 g/mol. The Hall–Kier alpha value is -0.830. The molecule has 0 radical (unpaired) electrons.